The van der Waals surface area contributed by atoms with E-state index in [1.165, 1.54) is 25.3 Å². The third kappa shape index (κ3) is 4.25. The van der Waals surface area contributed by atoms with Crippen molar-refractivity contribution in [3.8, 4) is 11.5 Å². The molecule has 0 aliphatic rings. The molecule has 0 radical (unpaired) electrons. The van der Waals surface area contributed by atoms with E-state index in [2.05, 4.69) is 0 Å². The van der Waals surface area contributed by atoms with Gasteiger partial charge in [0.2, 0.25) is 0 Å². The maximum absolute atomic E-state index is 11.1. The van der Waals surface area contributed by atoms with Crippen LogP contribution in [-0.2, 0) is 9.84 Å². The monoisotopic (exact) mass is 273 g/mol. The zero-order valence-corrected chi connectivity index (χ0v) is 11.0. The minimum absolute atomic E-state index is 0.0396. The van der Waals surface area contributed by atoms with Crippen LogP contribution >= 0.6 is 0 Å². The second-order valence-electron chi connectivity index (χ2n) is 3.70. The number of nitrogens with two attached hydrogens (primary N) is 1. The normalized spacial score (nSPS) is 11.0. The van der Waals surface area contributed by atoms with Gasteiger partial charge in [-0.25, -0.2) is 8.42 Å². The summed E-state index contributed by atoms with van der Waals surface area (Å²) < 4.78 is 32.1. The third-order valence-electron chi connectivity index (χ3n) is 2.16. The number of methoxy groups -OCH3 is 1. The number of carbonyl (C=O) groups excluding carboxylic acids is 1. The zero-order chi connectivity index (χ0) is 13.8. The molecule has 18 heavy (non-hydrogen) atoms. The molecule has 0 atom stereocenters. The Kier molecular flexibility index (Phi) is 4.55. The Hall–Kier alpha value is -1.76. The Morgan fingerprint density at radius 2 is 2.06 bits per heavy atom. The average molecular weight is 273 g/mol. The molecule has 0 spiro atoms. The first-order valence-electron chi connectivity index (χ1n) is 5.12. The van der Waals surface area contributed by atoms with Crippen molar-refractivity contribution in [1.29, 1.82) is 0 Å². The van der Waals surface area contributed by atoms with Crippen LogP contribution < -0.4 is 15.2 Å². The summed E-state index contributed by atoms with van der Waals surface area (Å²) in [5.41, 5.74) is 5.40. The van der Waals surface area contributed by atoms with E-state index in [1.807, 2.05) is 0 Å². The molecule has 6 nitrogen and oxygen atoms in total. The van der Waals surface area contributed by atoms with Crippen molar-refractivity contribution >= 4 is 15.7 Å². The predicted octanol–water partition coefficient (Wildman–Crippen LogP) is 0.217. The number of primary amides is 1. The van der Waals surface area contributed by atoms with E-state index in [1.54, 1.807) is 0 Å². The molecule has 100 valence electrons. The van der Waals surface area contributed by atoms with Gasteiger partial charge in [-0.15, -0.1) is 0 Å². The molecule has 0 aromatic heterocycles. The highest BCUT2D eigenvalue weighted by atomic mass is 32.2. The highest BCUT2D eigenvalue weighted by Crippen LogP contribution is 2.24. The molecule has 0 bridgehead atoms. The van der Waals surface area contributed by atoms with E-state index in [0.717, 1.165) is 6.26 Å². The van der Waals surface area contributed by atoms with Crippen molar-refractivity contribution < 1.29 is 22.7 Å². The Morgan fingerprint density at radius 3 is 2.56 bits per heavy atom. The van der Waals surface area contributed by atoms with Gasteiger partial charge >= 0.3 is 0 Å². The molecular formula is C11H15NO5S. The lowest BCUT2D eigenvalue weighted by molar-refractivity contribution is 0.0997. The Labute approximate surface area is 106 Å². The number of ether oxygens (including phenoxy) is 2. The Bertz CT molecular complexity index is 538. The van der Waals surface area contributed by atoms with Crippen LogP contribution in [0.3, 0.4) is 0 Å². The zero-order valence-electron chi connectivity index (χ0n) is 10.2. The first-order chi connectivity index (χ1) is 8.33. The highest BCUT2D eigenvalue weighted by molar-refractivity contribution is 7.90. The highest BCUT2D eigenvalue weighted by Gasteiger charge is 2.10. The van der Waals surface area contributed by atoms with Crippen LogP contribution in [0.15, 0.2) is 18.2 Å². The van der Waals surface area contributed by atoms with E-state index in [-0.39, 0.29) is 17.9 Å². The van der Waals surface area contributed by atoms with E-state index in [0.29, 0.717) is 11.5 Å². The molecule has 1 aromatic carbocycles. The summed E-state index contributed by atoms with van der Waals surface area (Å²) >= 11 is 0. The summed E-state index contributed by atoms with van der Waals surface area (Å²) in [7, 11) is -1.66. The molecule has 0 aliphatic heterocycles. The van der Waals surface area contributed by atoms with Crippen LogP contribution in [0.4, 0.5) is 0 Å². The van der Waals surface area contributed by atoms with Gasteiger partial charge in [-0.1, -0.05) is 0 Å². The van der Waals surface area contributed by atoms with Gasteiger partial charge < -0.3 is 15.2 Å². The van der Waals surface area contributed by atoms with Gasteiger partial charge in [-0.05, 0) is 12.1 Å². The van der Waals surface area contributed by atoms with Gasteiger partial charge in [0.25, 0.3) is 5.91 Å². The van der Waals surface area contributed by atoms with Crippen molar-refractivity contribution in [3.05, 3.63) is 23.8 Å². The van der Waals surface area contributed by atoms with Gasteiger partial charge in [0.05, 0.1) is 18.4 Å². The second-order valence-corrected chi connectivity index (χ2v) is 5.96. The summed E-state index contributed by atoms with van der Waals surface area (Å²) in [4.78, 5) is 11.1. The molecule has 0 saturated heterocycles. The van der Waals surface area contributed by atoms with Crippen molar-refractivity contribution in [2.45, 2.75) is 0 Å². The van der Waals surface area contributed by atoms with Crippen molar-refractivity contribution in [2.24, 2.45) is 5.73 Å². The number of carbonyl (C=O) groups is 1. The number of hydrogen-bond acceptors (Lipinski definition) is 5. The van der Waals surface area contributed by atoms with Gasteiger partial charge in [0.15, 0.2) is 9.84 Å². The smallest absolute Gasteiger partial charge is 0.252 e. The van der Waals surface area contributed by atoms with Crippen molar-refractivity contribution in [3.63, 3.8) is 0 Å². The first kappa shape index (κ1) is 14.3. The van der Waals surface area contributed by atoms with Crippen LogP contribution in [-0.4, -0.2) is 40.1 Å². The molecule has 0 fully saturated rings. The van der Waals surface area contributed by atoms with Gasteiger partial charge in [0.1, 0.15) is 18.1 Å². The molecule has 0 saturated carbocycles. The maximum Gasteiger partial charge on any atom is 0.252 e. The Balaban J connectivity index is 2.77. The van der Waals surface area contributed by atoms with Gasteiger partial charge in [-0.3, -0.25) is 4.79 Å². The largest absolute Gasteiger partial charge is 0.496 e. The topological polar surface area (TPSA) is 95.7 Å². The maximum atomic E-state index is 11.1. The molecule has 2 N–H and O–H groups in total. The Morgan fingerprint density at radius 1 is 1.39 bits per heavy atom. The molecule has 1 amide bonds. The molecule has 0 aliphatic carbocycles. The lowest BCUT2D eigenvalue weighted by Gasteiger charge is -2.09. The standard InChI is InChI=1S/C11H15NO5S/c1-16-10-7-8(3-4-9(10)11(12)13)17-5-6-18(2,14)15/h3-4,7H,5-6H2,1-2H3,(H2,12,13). The molecule has 0 unspecified atom stereocenters. The number of rotatable bonds is 6. The van der Waals surface area contributed by atoms with E-state index in [9.17, 15) is 13.2 Å². The van der Waals surface area contributed by atoms with Crippen molar-refractivity contribution in [2.75, 3.05) is 25.7 Å². The number of hydrogen-bond donors (Lipinski definition) is 1. The van der Waals surface area contributed by atoms with Gasteiger partial charge in [0, 0.05) is 12.3 Å². The lowest BCUT2D eigenvalue weighted by atomic mass is 10.2. The fourth-order valence-electron chi connectivity index (χ4n) is 1.28. The summed E-state index contributed by atoms with van der Waals surface area (Å²) in [6.07, 6.45) is 1.13. The van der Waals surface area contributed by atoms with E-state index < -0.39 is 15.7 Å². The number of benzene rings is 1. The summed E-state index contributed by atoms with van der Waals surface area (Å²) in [5, 5.41) is 0. The molecule has 0 heterocycles. The predicted molar refractivity (Wildman–Crippen MR) is 66.7 cm³/mol. The van der Waals surface area contributed by atoms with Crippen LogP contribution in [0, 0.1) is 0 Å². The van der Waals surface area contributed by atoms with Gasteiger partial charge in [-0.2, -0.15) is 0 Å². The molecule has 1 rings (SSSR count). The SMILES string of the molecule is COc1cc(OCCS(C)(=O)=O)ccc1C(N)=O. The van der Waals surface area contributed by atoms with Crippen LogP contribution in [0.1, 0.15) is 10.4 Å². The van der Waals surface area contributed by atoms with Crippen LogP contribution in [0.5, 0.6) is 11.5 Å². The molecule has 7 heteroatoms. The third-order valence-corrected chi connectivity index (χ3v) is 3.07. The lowest BCUT2D eigenvalue weighted by Crippen LogP contribution is -2.14. The second kappa shape index (κ2) is 5.72. The summed E-state index contributed by atoms with van der Waals surface area (Å²) in [6.45, 7) is 0.0396. The number of amides is 1. The fourth-order valence-corrected chi connectivity index (χ4v) is 1.66. The molecular weight excluding hydrogens is 258 g/mol. The van der Waals surface area contributed by atoms with Crippen LogP contribution in [0.2, 0.25) is 0 Å². The van der Waals surface area contributed by atoms with Crippen LogP contribution in [0.25, 0.3) is 0 Å². The minimum Gasteiger partial charge on any atom is -0.496 e. The quantitative estimate of drug-likeness (QED) is 0.799. The fraction of sp³-hybridized carbons (Fsp3) is 0.364. The van der Waals surface area contributed by atoms with Crippen molar-refractivity contribution in [1.82, 2.24) is 0 Å². The molecule has 1 aromatic rings. The minimum atomic E-state index is -3.06. The number of sulfone groups is 1. The average Bonchev–Trinajstić information content (AvgIpc) is 2.26. The van der Waals surface area contributed by atoms with E-state index >= 15 is 0 Å². The summed E-state index contributed by atoms with van der Waals surface area (Å²) in [5.74, 6) is 0.0294. The van der Waals surface area contributed by atoms with E-state index in [4.69, 9.17) is 15.2 Å². The summed E-state index contributed by atoms with van der Waals surface area (Å²) in [6, 6.07) is 4.49. The first-order valence-corrected chi connectivity index (χ1v) is 7.18.